The molecule has 0 bridgehead atoms. The maximum absolute atomic E-state index is 12.3. The summed E-state index contributed by atoms with van der Waals surface area (Å²) in [7, 11) is 0. The van der Waals surface area contributed by atoms with E-state index >= 15 is 0 Å². The molecule has 0 spiro atoms. The number of esters is 1. The van der Waals surface area contributed by atoms with Crippen molar-refractivity contribution < 1.29 is 23.9 Å². The van der Waals surface area contributed by atoms with Gasteiger partial charge in [0.2, 0.25) is 0 Å². The van der Waals surface area contributed by atoms with E-state index in [1.165, 1.54) is 6.92 Å². The zero-order valence-corrected chi connectivity index (χ0v) is 15.1. The SMILES string of the molecule is CC(C)NC(=O)NC(=O)[C@@H](C)OC(=O)[C@H]1COc2ccc(Cl)cc2C1. The Bertz CT molecular complexity index is 677. The van der Waals surface area contributed by atoms with E-state index in [1.807, 2.05) is 0 Å². The first kappa shape index (κ1) is 19.1. The fourth-order valence-electron chi connectivity index (χ4n) is 2.35. The molecule has 1 aromatic rings. The van der Waals surface area contributed by atoms with Crippen LogP contribution in [0.4, 0.5) is 4.79 Å². The molecule has 1 aromatic carbocycles. The predicted molar refractivity (Wildman–Crippen MR) is 91.5 cm³/mol. The highest BCUT2D eigenvalue weighted by molar-refractivity contribution is 6.30. The summed E-state index contributed by atoms with van der Waals surface area (Å²) < 4.78 is 10.7. The van der Waals surface area contributed by atoms with Crippen molar-refractivity contribution in [1.29, 1.82) is 0 Å². The Morgan fingerprint density at radius 1 is 1.28 bits per heavy atom. The van der Waals surface area contributed by atoms with E-state index in [-0.39, 0.29) is 12.6 Å². The lowest BCUT2D eigenvalue weighted by atomic mass is 9.97. The summed E-state index contributed by atoms with van der Waals surface area (Å²) in [4.78, 5) is 35.7. The van der Waals surface area contributed by atoms with E-state index in [0.29, 0.717) is 17.2 Å². The molecular formula is C17H21ClN2O5. The Kier molecular flexibility index (Phi) is 6.25. The van der Waals surface area contributed by atoms with Crippen LogP contribution in [-0.4, -0.2) is 36.7 Å². The number of benzene rings is 1. The second-order valence-corrected chi connectivity index (χ2v) is 6.60. The van der Waals surface area contributed by atoms with Gasteiger partial charge in [0.05, 0.1) is 5.92 Å². The van der Waals surface area contributed by atoms with Crippen LogP contribution in [0, 0.1) is 5.92 Å². The van der Waals surface area contributed by atoms with Crippen molar-refractivity contribution in [3.05, 3.63) is 28.8 Å². The molecule has 1 aliphatic heterocycles. The van der Waals surface area contributed by atoms with Gasteiger partial charge in [-0.15, -0.1) is 0 Å². The lowest BCUT2D eigenvalue weighted by Crippen LogP contribution is -2.47. The number of halogens is 1. The number of hydrogen-bond acceptors (Lipinski definition) is 5. The number of nitrogens with one attached hydrogen (secondary N) is 2. The molecule has 136 valence electrons. The third-order valence-electron chi connectivity index (χ3n) is 3.58. The van der Waals surface area contributed by atoms with Gasteiger partial charge in [-0.2, -0.15) is 0 Å². The minimum Gasteiger partial charge on any atom is -0.492 e. The highest BCUT2D eigenvalue weighted by atomic mass is 35.5. The average Bonchev–Trinajstić information content (AvgIpc) is 2.52. The standard InChI is InChI=1S/C17H21ClN2O5/c1-9(2)19-17(23)20-15(21)10(3)25-16(22)12-6-11-7-13(18)4-5-14(11)24-8-12/h4-5,7,9-10,12H,6,8H2,1-3H3,(H2,19,20,21,23)/t10-,12-/m1/s1. The highest BCUT2D eigenvalue weighted by Crippen LogP contribution is 2.30. The summed E-state index contributed by atoms with van der Waals surface area (Å²) in [6.45, 7) is 5.10. The van der Waals surface area contributed by atoms with Crippen LogP contribution in [0.5, 0.6) is 5.75 Å². The van der Waals surface area contributed by atoms with Gasteiger partial charge in [-0.05, 0) is 51.0 Å². The third-order valence-corrected chi connectivity index (χ3v) is 3.82. The number of rotatable bonds is 4. The van der Waals surface area contributed by atoms with Crippen molar-refractivity contribution >= 4 is 29.5 Å². The fraction of sp³-hybridized carbons (Fsp3) is 0.471. The topological polar surface area (TPSA) is 93.7 Å². The molecule has 0 aliphatic carbocycles. The molecule has 2 rings (SSSR count). The van der Waals surface area contributed by atoms with Gasteiger partial charge in [0.25, 0.3) is 5.91 Å². The zero-order chi connectivity index (χ0) is 18.6. The molecule has 0 saturated heterocycles. The molecule has 7 nitrogen and oxygen atoms in total. The van der Waals surface area contributed by atoms with Crippen LogP contribution < -0.4 is 15.4 Å². The first-order chi connectivity index (χ1) is 11.8. The first-order valence-corrected chi connectivity index (χ1v) is 8.37. The first-order valence-electron chi connectivity index (χ1n) is 7.99. The van der Waals surface area contributed by atoms with Crippen LogP contribution in [0.1, 0.15) is 26.3 Å². The Hall–Kier alpha value is -2.28. The third kappa shape index (κ3) is 5.35. The summed E-state index contributed by atoms with van der Waals surface area (Å²) >= 11 is 5.95. The molecule has 0 aromatic heterocycles. The van der Waals surface area contributed by atoms with E-state index < -0.39 is 29.9 Å². The summed E-state index contributed by atoms with van der Waals surface area (Å²) in [5, 5.41) is 5.20. The van der Waals surface area contributed by atoms with Crippen molar-refractivity contribution in [2.75, 3.05) is 6.61 Å². The lowest BCUT2D eigenvalue weighted by Gasteiger charge is -2.25. The molecule has 3 amide bonds. The van der Waals surface area contributed by atoms with E-state index in [0.717, 1.165) is 5.56 Å². The molecule has 0 saturated carbocycles. The van der Waals surface area contributed by atoms with Crippen molar-refractivity contribution in [3.63, 3.8) is 0 Å². The van der Waals surface area contributed by atoms with Crippen molar-refractivity contribution in [2.45, 2.75) is 39.3 Å². The number of hydrogen-bond donors (Lipinski definition) is 2. The summed E-state index contributed by atoms with van der Waals surface area (Å²) in [5.41, 5.74) is 0.814. The fourth-order valence-corrected chi connectivity index (χ4v) is 2.54. The number of ether oxygens (including phenoxy) is 2. The molecule has 2 atom stereocenters. The molecule has 0 fully saturated rings. The van der Waals surface area contributed by atoms with Gasteiger partial charge in [-0.3, -0.25) is 14.9 Å². The van der Waals surface area contributed by atoms with Gasteiger partial charge in [-0.25, -0.2) is 4.79 Å². The molecule has 8 heteroatoms. The van der Waals surface area contributed by atoms with Crippen LogP contribution in [0.25, 0.3) is 0 Å². The number of carbonyl (C=O) groups excluding carboxylic acids is 3. The summed E-state index contributed by atoms with van der Waals surface area (Å²) in [6, 6.07) is 4.46. The van der Waals surface area contributed by atoms with Gasteiger partial charge < -0.3 is 14.8 Å². The number of fused-ring (bicyclic) bond motifs is 1. The number of urea groups is 1. The van der Waals surface area contributed by atoms with Crippen LogP contribution in [0.2, 0.25) is 5.02 Å². The Labute approximate surface area is 151 Å². The van der Waals surface area contributed by atoms with E-state index in [4.69, 9.17) is 21.1 Å². The van der Waals surface area contributed by atoms with Crippen molar-refractivity contribution in [3.8, 4) is 5.75 Å². The van der Waals surface area contributed by atoms with Gasteiger partial charge in [0.15, 0.2) is 6.10 Å². The molecule has 1 aliphatic rings. The van der Waals surface area contributed by atoms with E-state index in [9.17, 15) is 14.4 Å². The maximum atomic E-state index is 12.3. The number of imide groups is 1. The Morgan fingerprint density at radius 2 is 2.00 bits per heavy atom. The lowest BCUT2D eigenvalue weighted by molar-refractivity contribution is -0.159. The molecule has 25 heavy (non-hydrogen) atoms. The Morgan fingerprint density at radius 3 is 2.68 bits per heavy atom. The zero-order valence-electron chi connectivity index (χ0n) is 14.3. The monoisotopic (exact) mass is 368 g/mol. The maximum Gasteiger partial charge on any atom is 0.321 e. The van der Waals surface area contributed by atoms with E-state index in [2.05, 4.69) is 10.6 Å². The van der Waals surface area contributed by atoms with Crippen molar-refractivity contribution in [1.82, 2.24) is 10.6 Å². The molecule has 2 N–H and O–H groups in total. The minimum absolute atomic E-state index is 0.114. The smallest absolute Gasteiger partial charge is 0.321 e. The summed E-state index contributed by atoms with van der Waals surface area (Å²) in [6.07, 6.45) is -0.678. The quantitative estimate of drug-likeness (QED) is 0.793. The minimum atomic E-state index is -1.09. The molecule has 0 radical (unpaired) electrons. The van der Waals surface area contributed by atoms with Crippen LogP contribution in [0.3, 0.4) is 0 Å². The molecular weight excluding hydrogens is 348 g/mol. The highest BCUT2D eigenvalue weighted by Gasteiger charge is 2.30. The normalized spacial score (nSPS) is 17.1. The van der Waals surface area contributed by atoms with Crippen molar-refractivity contribution in [2.24, 2.45) is 5.92 Å². The number of amides is 3. The predicted octanol–water partition coefficient (Wildman–Crippen LogP) is 2.06. The molecule has 1 heterocycles. The van der Waals surface area contributed by atoms with Gasteiger partial charge >= 0.3 is 12.0 Å². The second-order valence-electron chi connectivity index (χ2n) is 6.16. The number of carbonyl (C=O) groups is 3. The second kappa shape index (κ2) is 8.20. The van der Waals surface area contributed by atoms with Crippen LogP contribution in [-0.2, 0) is 20.7 Å². The Balaban J connectivity index is 1.89. The summed E-state index contributed by atoms with van der Waals surface area (Å²) in [5.74, 6) is -1.10. The van der Waals surface area contributed by atoms with E-state index in [1.54, 1.807) is 32.0 Å². The van der Waals surface area contributed by atoms with Crippen LogP contribution >= 0.6 is 11.6 Å². The van der Waals surface area contributed by atoms with Gasteiger partial charge in [-0.1, -0.05) is 11.6 Å². The largest absolute Gasteiger partial charge is 0.492 e. The van der Waals surface area contributed by atoms with Gasteiger partial charge in [0.1, 0.15) is 12.4 Å². The van der Waals surface area contributed by atoms with Gasteiger partial charge in [0, 0.05) is 11.1 Å². The van der Waals surface area contributed by atoms with Crippen LogP contribution in [0.15, 0.2) is 18.2 Å². The average molecular weight is 369 g/mol. The molecule has 0 unspecified atom stereocenters.